The molecule has 6 rings (SSSR count). The Morgan fingerprint density at radius 3 is 2.91 bits per heavy atom. The van der Waals surface area contributed by atoms with Gasteiger partial charge in [-0.3, -0.25) is 14.5 Å². The fourth-order valence-electron chi connectivity index (χ4n) is 4.00. The van der Waals surface area contributed by atoms with Gasteiger partial charge in [-0.15, -0.1) is 11.3 Å². The van der Waals surface area contributed by atoms with Gasteiger partial charge in [0.15, 0.2) is 6.29 Å². The van der Waals surface area contributed by atoms with Crippen molar-refractivity contribution in [2.45, 2.75) is 19.3 Å². The second kappa shape index (κ2) is 9.41. The summed E-state index contributed by atoms with van der Waals surface area (Å²) in [6.07, 6.45) is 9.17. The van der Waals surface area contributed by atoms with Gasteiger partial charge >= 0.3 is 0 Å². The van der Waals surface area contributed by atoms with Gasteiger partial charge < -0.3 is 19.2 Å². The van der Waals surface area contributed by atoms with Gasteiger partial charge in [-0.2, -0.15) is 5.10 Å². The van der Waals surface area contributed by atoms with Crippen molar-refractivity contribution in [1.82, 2.24) is 19.7 Å². The van der Waals surface area contributed by atoms with E-state index in [1.807, 2.05) is 41.2 Å². The molecule has 0 bridgehead atoms. The minimum Gasteiger partial charge on any atom is -0.472 e. The molecule has 0 unspecified atom stereocenters. The summed E-state index contributed by atoms with van der Waals surface area (Å²) in [5.41, 5.74) is 4.35. The molecule has 1 aromatic carbocycles. The van der Waals surface area contributed by atoms with Crippen LogP contribution in [0.4, 0.5) is 5.69 Å². The van der Waals surface area contributed by atoms with Gasteiger partial charge in [-0.25, -0.2) is 4.98 Å². The minimum absolute atomic E-state index is 0.187. The van der Waals surface area contributed by atoms with Gasteiger partial charge in [0.05, 0.1) is 31.3 Å². The van der Waals surface area contributed by atoms with Crippen molar-refractivity contribution >= 4 is 33.8 Å². The highest BCUT2D eigenvalue weighted by Crippen LogP contribution is 2.33. The molecule has 0 aliphatic carbocycles. The van der Waals surface area contributed by atoms with E-state index in [9.17, 15) is 4.79 Å². The average molecular weight is 488 g/mol. The highest BCUT2D eigenvalue weighted by atomic mass is 32.1. The molecule has 0 atom stereocenters. The first-order valence-corrected chi connectivity index (χ1v) is 12.1. The minimum atomic E-state index is -0.289. The Balaban J connectivity index is 1.28. The number of furan rings is 1. The molecule has 5 heterocycles. The van der Waals surface area contributed by atoms with E-state index >= 15 is 0 Å². The number of carbonyl (C=O) groups is 1. The molecule has 1 fully saturated rings. The summed E-state index contributed by atoms with van der Waals surface area (Å²) in [6.45, 7) is 1.93. The lowest BCUT2D eigenvalue weighted by Gasteiger charge is -2.09. The lowest BCUT2D eigenvalue weighted by Crippen LogP contribution is -2.13. The van der Waals surface area contributed by atoms with Crippen LogP contribution in [-0.4, -0.2) is 45.2 Å². The van der Waals surface area contributed by atoms with E-state index in [4.69, 9.17) is 19.0 Å². The highest BCUT2D eigenvalue weighted by molar-refractivity contribution is 7.13. The summed E-state index contributed by atoms with van der Waals surface area (Å²) in [4.78, 5) is 21.7. The fourth-order valence-corrected chi connectivity index (χ4v) is 4.79. The number of pyridine rings is 1. The number of anilines is 1. The number of benzene rings is 1. The van der Waals surface area contributed by atoms with Gasteiger partial charge in [0, 0.05) is 64.7 Å². The monoisotopic (exact) mass is 487 g/mol. The third-order valence-corrected chi connectivity index (χ3v) is 6.59. The number of rotatable bonds is 7. The van der Waals surface area contributed by atoms with Gasteiger partial charge in [0.2, 0.25) is 0 Å². The van der Waals surface area contributed by atoms with Crippen molar-refractivity contribution in [2.75, 3.05) is 18.5 Å². The van der Waals surface area contributed by atoms with Crippen LogP contribution in [0.5, 0.6) is 0 Å². The summed E-state index contributed by atoms with van der Waals surface area (Å²) in [6, 6.07) is 9.50. The predicted octanol–water partition coefficient (Wildman–Crippen LogP) is 4.83. The van der Waals surface area contributed by atoms with Crippen molar-refractivity contribution in [2.24, 2.45) is 0 Å². The number of hydrogen-bond acceptors (Lipinski definition) is 8. The second-order valence-electron chi connectivity index (χ2n) is 8.05. The molecule has 1 amide bonds. The van der Waals surface area contributed by atoms with Crippen LogP contribution in [0.2, 0.25) is 0 Å². The third kappa shape index (κ3) is 4.59. The van der Waals surface area contributed by atoms with Gasteiger partial charge in [0.25, 0.3) is 5.91 Å². The van der Waals surface area contributed by atoms with E-state index in [0.717, 1.165) is 39.0 Å². The number of aromatic nitrogens is 4. The average Bonchev–Trinajstić information content (AvgIpc) is 3.69. The molecule has 10 heteroatoms. The van der Waals surface area contributed by atoms with Crippen LogP contribution in [0.3, 0.4) is 0 Å². The maximum Gasteiger partial charge on any atom is 0.275 e. The molecular weight excluding hydrogens is 466 g/mol. The molecule has 1 saturated heterocycles. The molecule has 1 N–H and O–H groups in total. The summed E-state index contributed by atoms with van der Waals surface area (Å²) < 4.78 is 18.2. The molecule has 35 heavy (non-hydrogen) atoms. The molecule has 4 aromatic heterocycles. The maximum atomic E-state index is 13.1. The van der Waals surface area contributed by atoms with Crippen LogP contribution in [-0.2, 0) is 16.0 Å². The molecule has 1 aliphatic heterocycles. The van der Waals surface area contributed by atoms with Crippen LogP contribution >= 0.6 is 11.3 Å². The maximum absolute atomic E-state index is 13.1. The topological polar surface area (TPSA) is 104 Å². The van der Waals surface area contributed by atoms with Gasteiger partial charge in [-0.1, -0.05) is 0 Å². The molecule has 0 spiro atoms. The predicted molar refractivity (Wildman–Crippen MR) is 131 cm³/mol. The zero-order valence-electron chi connectivity index (χ0n) is 18.6. The highest BCUT2D eigenvalue weighted by Gasteiger charge is 2.18. The smallest absolute Gasteiger partial charge is 0.275 e. The Morgan fingerprint density at radius 2 is 2.11 bits per heavy atom. The van der Waals surface area contributed by atoms with Crippen molar-refractivity contribution < 1.29 is 18.7 Å². The Labute approximate surface area is 204 Å². The number of aryl methyl sites for hydroxylation is 1. The number of fused-ring (bicyclic) bond motifs is 1. The molecule has 5 aromatic rings. The Hall–Kier alpha value is -3.86. The molecule has 1 aliphatic rings. The number of ether oxygens (including phenoxy) is 2. The van der Waals surface area contributed by atoms with Gasteiger partial charge in [-0.05, 0) is 30.3 Å². The summed E-state index contributed by atoms with van der Waals surface area (Å²) in [5, 5.41) is 11.1. The molecular formula is C25H21N5O4S. The quantitative estimate of drug-likeness (QED) is 0.351. The SMILES string of the molecule is O=C(Nc1cc2cn(CCC3OCCO3)nc2cc1-c1ccoc1)c1csc(-c2cccnc2)n1. The van der Waals surface area contributed by atoms with Crippen LogP contribution in [0.25, 0.3) is 32.6 Å². The third-order valence-electron chi connectivity index (χ3n) is 5.70. The van der Waals surface area contributed by atoms with Crippen molar-refractivity contribution in [3.8, 4) is 21.7 Å². The normalized spacial score (nSPS) is 14.1. The zero-order chi connectivity index (χ0) is 23.6. The summed E-state index contributed by atoms with van der Waals surface area (Å²) in [7, 11) is 0. The van der Waals surface area contributed by atoms with E-state index in [1.165, 1.54) is 11.3 Å². The number of amides is 1. The summed E-state index contributed by atoms with van der Waals surface area (Å²) in [5.74, 6) is -0.289. The van der Waals surface area contributed by atoms with E-state index in [-0.39, 0.29) is 12.2 Å². The van der Waals surface area contributed by atoms with Crippen molar-refractivity contribution in [3.63, 3.8) is 0 Å². The lowest BCUT2D eigenvalue weighted by atomic mass is 10.0. The van der Waals surface area contributed by atoms with Crippen molar-refractivity contribution in [3.05, 3.63) is 72.5 Å². The Bertz CT molecular complexity index is 1460. The fraction of sp³-hybridized carbons (Fsp3) is 0.200. The first-order chi connectivity index (χ1) is 17.2. The number of thiazole rings is 1. The molecule has 176 valence electrons. The Kier molecular flexibility index (Phi) is 5.83. The molecule has 9 nitrogen and oxygen atoms in total. The van der Waals surface area contributed by atoms with Crippen LogP contribution in [0, 0.1) is 0 Å². The van der Waals surface area contributed by atoms with Gasteiger partial charge in [0.1, 0.15) is 10.7 Å². The standard InChI is InChI=1S/C25H21N5O4S/c31-24(22-15-35-25(28-22)16-2-1-5-26-12-16)27-21-10-18-13-30(6-3-23-33-8-9-34-23)29-20(18)11-19(21)17-4-7-32-14-17/h1-2,4-5,7,10-15,23H,3,6,8-9H2,(H,27,31). The Morgan fingerprint density at radius 1 is 1.20 bits per heavy atom. The summed E-state index contributed by atoms with van der Waals surface area (Å²) >= 11 is 1.40. The first-order valence-electron chi connectivity index (χ1n) is 11.2. The van der Waals surface area contributed by atoms with Crippen LogP contribution in [0.15, 0.2) is 71.2 Å². The second-order valence-corrected chi connectivity index (χ2v) is 8.91. The van der Waals surface area contributed by atoms with Crippen LogP contribution < -0.4 is 5.32 Å². The number of carbonyl (C=O) groups excluding carboxylic acids is 1. The van der Waals surface area contributed by atoms with E-state index in [2.05, 4.69) is 15.3 Å². The first kappa shape index (κ1) is 21.7. The largest absolute Gasteiger partial charge is 0.472 e. The van der Waals surface area contributed by atoms with E-state index < -0.39 is 0 Å². The number of hydrogen-bond donors (Lipinski definition) is 1. The number of nitrogens with zero attached hydrogens (tertiary/aromatic N) is 4. The lowest BCUT2D eigenvalue weighted by molar-refractivity contribution is -0.0495. The van der Waals surface area contributed by atoms with E-state index in [0.29, 0.717) is 31.1 Å². The molecule has 0 radical (unpaired) electrons. The number of nitrogens with one attached hydrogen (secondary N) is 1. The van der Waals surface area contributed by atoms with Crippen molar-refractivity contribution in [1.29, 1.82) is 0 Å². The molecule has 0 saturated carbocycles. The zero-order valence-corrected chi connectivity index (χ0v) is 19.4. The van der Waals surface area contributed by atoms with Crippen LogP contribution in [0.1, 0.15) is 16.9 Å². The van der Waals surface area contributed by atoms with E-state index in [1.54, 1.807) is 30.3 Å².